The number of ether oxygens (including phenoxy) is 1. The molecule has 12 heteroatoms. The van der Waals surface area contributed by atoms with Gasteiger partial charge in [-0.3, -0.25) is 14.4 Å². The van der Waals surface area contributed by atoms with Crippen LogP contribution in [0.5, 0.6) is 0 Å². The van der Waals surface area contributed by atoms with Crippen LogP contribution in [0.2, 0.25) is 0 Å². The van der Waals surface area contributed by atoms with Crippen LogP contribution in [0.1, 0.15) is 44.4 Å². The zero-order valence-corrected chi connectivity index (χ0v) is 21.1. The molecular weight excluding hydrogens is 480 g/mol. The second-order valence-electron chi connectivity index (χ2n) is 9.12. The Morgan fingerprint density at radius 2 is 1.84 bits per heavy atom. The number of hydrogen-bond donors (Lipinski definition) is 6. The summed E-state index contributed by atoms with van der Waals surface area (Å²) in [7, 11) is 0. The van der Waals surface area contributed by atoms with E-state index in [9.17, 15) is 24.3 Å². The van der Waals surface area contributed by atoms with E-state index in [0.717, 1.165) is 5.56 Å². The molecule has 12 nitrogen and oxygen atoms in total. The molecule has 0 aliphatic carbocycles. The van der Waals surface area contributed by atoms with Crippen molar-refractivity contribution in [2.75, 3.05) is 6.54 Å². The number of H-pyrrole nitrogens is 1. The van der Waals surface area contributed by atoms with E-state index in [1.54, 1.807) is 0 Å². The van der Waals surface area contributed by atoms with Crippen molar-refractivity contribution < 1.29 is 29.0 Å². The van der Waals surface area contributed by atoms with E-state index in [1.807, 2.05) is 44.2 Å². The van der Waals surface area contributed by atoms with Crippen LogP contribution in [0.4, 0.5) is 4.79 Å². The Hall–Kier alpha value is -3.93. The number of aliphatic hydroxyl groups is 1. The Labute approximate surface area is 215 Å². The number of nitrogens with two attached hydrogens (primary N) is 1. The van der Waals surface area contributed by atoms with Gasteiger partial charge < -0.3 is 36.5 Å². The monoisotopic (exact) mass is 516 g/mol. The highest BCUT2D eigenvalue weighted by atomic mass is 16.5. The van der Waals surface area contributed by atoms with Gasteiger partial charge in [-0.25, -0.2) is 9.78 Å². The quantitative estimate of drug-likeness (QED) is 0.199. The number of aliphatic hydroxyl groups excluding tert-OH is 1. The number of hydrogen-bond acceptors (Lipinski definition) is 7. The first kappa shape index (κ1) is 29.3. The van der Waals surface area contributed by atoms with E-state index >= 15 is 0 Å². The van der Waals surface area contributed by atoms with Gasteiger partial charge in [0.2, 0.25) is 17.7 Å². The summed E-state index contributed by atoms with van der Waals surface area (Å²) in [6, 6.07) is 7.56. The van der Waals surface area contributed by atoms with E-state index < -0.39 is 42.0 Å². The molecule has 2 aromatic rings. The Morgan fingerprint density at radius 3 is 2.46 bits per heavy atom. The van der Waals surface area contributed by atoms with Gasteiger partial charge in [0.25, 0.3) is 0 Å². The maximum atomic E-state index is 12.3. The number of aromatic nitrogens is 2. The zero-order valence-electron chi connectivity index (χ0n) is 21.1. The van der Waals surface area contributed by atoms with Crippen LogP contribution in [0.15, 0.2) is 42.9 Å². The Morgan fingerprint density at radius 1 is 1.11 bits per heavy atom. The van der Waals surface area contributed by atoms with E-state index in [4.69, 9.17) is 10.5 Å². The van der Waals surface area contributed by atoms with Gasteiger partial charge in [0.15, 0.2) is 0 Å². The molecule has 1 aromatic carbocycles. The number of primary amides is 1. The van der Waals surface area contributed by atoms with E-state index in [2.05, 4.69) is 25.9 Å². The number of nitrogens with zero attached hydrogens (tertiary/aromatic N) is 1. The van der Waals surface area contributed by atoms with Crippen LogP contribution in [-0.4, -0.2) is 63.6 Å². The molecule has 0 aliphatic rings. The maximum Gasteiger partial charge on any atom is 0.407 e. The molecule has 1 aromatic heterocycles. The molecule has 3 atom stereocenters. The predicted molar refractivity (Wildman–Crippen MR) is 135 cm³/mol. The SMILES string of the molecule is CC(C)C[C@H](NC(=O)OCc1ccccc1)[C@@H](O)CC(=O)NCCC(=O)N[C@@H](Cc1cnc[nH]1)C(N)=O. The molecule has 0 saturated heterocycles. The van der Waals surface area contributed by atoms with Crippen LogP contribution >= 0.6 is 0 Å². The second kappa shape index (κ2) is 15.2. The summed E-state index contributed by atoms with van der Waals surface area (Å²) in [5.41, 5.74) is 6.82. The molecule has 0 fully saturated rings. The first-order valence-electron chi connectivity index (χ1n) is 12.1. The average molecular weight is 517 g/mol. The van der Waals surface area contributed by atoms with Gasteiger partial charge in [-0.2, -0.15) is 0 Å². The van der Waals surface area contributed by atoms with Gasteiger partial charge in [-0.15, -0.1) is 0 Å². The Kier molecular flexibility index (Phi) is 12.1. The maximum absolute atomic E-state index is 12.3. The van der Waals surface area contributed by atoms with E-state index in [0.29, 0.717) is 12.1 Å². The number of carbonyl (C=O) groups excluding carboxylic acids is 4. The molecule has 0 saturated carbocycles. The second-order valence-corrected chi connectivity index (χ2v) is 9.12. The average Bonchev–Trinajstić information content (AvgIpc) is 3.35. The Balaban J connectivity index is 1.76. The number of imidazole rings is 1. The molecule has 0 radical (unpaired) electrons. The highest BCUT2D eigenvalue weighted by molar-refractivity contribution is 5.87. The summed E-state index contributed by atoms with van der Waals surface area (Å²) in [5.74, 6) is -1.51. The van der Waals surface area contributed by atoms with E-state index in [-0.39, 0.29) is 38.3 Å². The molecule has 1 heterocycles. The van der Waals surface area contributed by atoms with Gasteiger partial charge in [0.05, 0.1) is 24.9 Å². The summed E-state index contributed by atoms with van der Waals surface area (Å²) in [6.07, 6.45) is 1.36. The van der Waals surface area contributed by atoms with Gasteiger partial charge in [0.1, 0.15) is 12.6 Å². The van der Waals surface area contributed by atoms with Crippen molar-refractivity contribution in [2.24, 2.45) is 11.7 Å². The first-order valence-corrected chi connectivity index (χ1v) is 12.1. The van der Waals surface area contributed by atoms with Crippen LogP contribution in [0, 0.1) is 5.92 Å². The number of carbonyl (C=O) groups is 4. The van der Waals surface area contributed by atoms with Gasteiger partial charge >= 0.3 is 6.09 Å². The summed E-state index contributed by atoms with van der Waals surface area (Å²) >= 11 is 0. The van der Waals surface area contributed by atoms with Crippen molar-refractivity contribution in [3.8, 4) is 0 Å². The third-order valence-electron chi connectivity index (χ3n) is 5.43. The molecule has 4 amide bonds. The molecule has 37 heavy (non-hydrogen) atoms. The smallest absolute Gasteiger partial charge is 0.407 e. The zero-order chi connectivity index (χ0) is 27.2. The van der Waals surface area contributed by atoms with Crippen molar-refractivity contribution in [2.45, 2.75) is 64.3 Å². The van der Waals surface area contributed by atoms with Crippen molar-refractivity contribution in [1.29, 1.82) is 0 Å². The normalized spacial score (nSPS) is 13.3. The molecular formula is C25H36N6O6. The number of nitrogens with one attached hydrogen (secondary N) is 4. The lowest BCUT2D eigenvalue weighted by molar-refractivity contribution is -0.127. The third-order valence-corrected chi connectivity index (χ3v) is 5.43. The number of benzene rings is 1. The van der Waals surface area contributed by atoms with Crippen molar-refractivity contribution in [3.63, 3.8) is 0 Å². The van der Waals surface area contributed by atoms with Crippen molar-refractivity contribution in [3.05, 3.63) is 54.1 Å². The lowest BCUT2D eigenvalue weighted by Crippen LogP contribution is -2.47. The van der Waals surface area contributed by atoms with Gasteiger partial charge in [-0.05, 0) is 17.9 Å². The molecule has 7 N–H and O–H groups in total. The highest BCUT2D eigenvalue weighted by Crippen LogP contribution is 2.12. The van der Waals surface area contributed by atoms with Crippen LogP contribution in [0.25, 0.3) is 0 Å². The Bertz CT molecular complexity index is 998. The molecule has 0 bridgehead atoms. The fraction of sp³-hybridized carbons (Fsp3) is 0.480. The number of rotatable bonds is 15. The minimum absolute atomic E-state index is 0.00564. The molecule has 0 spiro atoms. The highest BCUT2D eigenvalue weighted by Gasteiger charge is 2.25. The summed E-state index contributed by atoms with van der Waals surface area (Å²) in [5, 5.41) is 18.3. The lowest BCUT2D eigenvalue weighted by atomic mass is 9.97. The number of aromatic amines is 1. The number of alkyl carbamates (subject to hydrolysis) is 1. The topological polar surface area (TPSA) is 189 Å². The molecule has 202 valence electrons. The van der Waals surface area contributed by atoms with E-state index in [1.165, 1.54) is 12.5 Å². The fourth-order valence-electron chi connectivity index (χ4n) is 3.56. The van der Waals surface area contributed by atoms with Crippen LogP contribution in [0.3, 0.4) is 0 Å². The first-order chi connectivity index (χ1) is 17.6. The molecule has 0 aliphatic heterocycles. The van der Waals surface area contributed by atoms with Crippen molar-refractivity contribution >= 4 is 23.8 Å². The molecule has 2 rings (SSSR count). The van der Waals surface area contributed by atoms with Gasteiger partial charge in [-0.1, -0.05) is 44.2 Å². The van der Waals surface area contributed by atoms with Crippen LogP contribution in [-0.2, 0) is 32.1 Å². The molecule has 0 unspecified atom stereocenters. The fourth-order valence-corrected chi connectivity index (χ4v) is 3.56. The summed E-state index contributed by atoms with van der Waals surface area (Å²) in [6.45, 7) is 3.94. The minimum atomic E-state index is -1.16. The third kappa shape index (κ3) is 11.6. The van der Waals surface area contributed by atoms with Crippen LogP contribution < -0.4 is 21.7 Å². The predicted octanol–water partition coefficient (Wildman–Crippen LogP) is 0.521. The summed E-state index contributed by atoms with van der Waals surface area (Å²) < 4.78 is 5.22. The summed E-state index contributed by atoms with van der Waals surface area (Å²) in [4.78, 5) is 55.1. The standard InChI is InChI=1S/C25H36N6O6/c1-16(2)10-19(31-25(36)37-14-17-6-4-3-5-7-17)21(32)12-23(34)28-9-8-22(33)30-20(24(26)35)11-18-13-27-15-29-18/h3-7,13,15-16,19-21,32H,8-12,14H2,1-2H3,(H2,26,35)(H,27,29)(H,28,34)(H,30,33)(H,31,36)/t19-,20-,21-/m0/s1. The minimum Gasteiger partial charge on any atom is -0.445 e. The lowest BCUT2D eigenvalue weighted by Gasteiger charge is -2.25. The number of amides is 4. The van der Waals surface area contributed by atoms with Crippen molar-refractivity contribution in [1.82, 2.24) is 25.9 Å². The van der Waals surface area contributed by atoms with Gasteiger partial charge in [0, 0.05) is 31.3 Å². The largest absolute Gasteiger partial charge is 0.445 e.